The van der Waals surface area contributed by atoms with Gasteiger partial charge in [-0.2, -0.15) is 17.9 Å². The lowest BCUT2D eigenvalue weighted by atomic mass is 10.1. The minimum absolute atomic E-state index is 0.180. The molecule has 0 fully saturated rings. The van der Waals surface area contributed by atoms with Crippen LogP contribution in [0.4, 0.5) is 0 Å². The molecule has 0 aliphatic heterocycles. The highest BCUT2D eigenvalue weighted by molar-refractivity contribution is 9.10. The molecular formula is C21H18BrN5O2S. The standard InChI is InChI=1S/C21H18BrN5O2S/c1-15-10-19(6-7-20(15)22)30(28,29)26(2)25-13-18-12-24-21-8-5-17(14-27(18)21)16-4-3-9-23-11-16/h3-14H,1-2H3/b25-13+. The van der Waals surface area contributed by atoms with Crippen molar-refractivity contribution in [3.63, 3.8) is 0 Å². The van der Waals surface area contributed by atoms with Gasteiger partial charge in [-0.25, -0.2) is 4.98 Å². The number of hydrogen-bond acceptors (Lipinski definition) is 5. The van der Waals surface area contributed by atoms with Gasteiger partial charge in [-0.1, -0.05) is 22.0 Å². The summed E-state index contributed by atoms with van der Waals surface area (Å²) in [5.74, 6) is 0. The fourth-order valence-corrected chi connectivity index (χ4v) is 4.22. The zero-order chi connectivity index (χ0) is 21.3. The van der Waals surface area contributed by atoms with Gasteiger partial charge in [0.15, 0.2) is 0 Å². The first kappa shape index (κ1) is 20.2. The van der Waals surface area contributed by atoms with Crippen molar-refractivity contribution in [3.05, 3.63) is 83.0 Å². The number of hydrogen-bond donors (Lipinski definition) is 0. The number of fused-ring (bicyclic) bond motifs is 1. The minimum Gasteiger partial charge on any atom is -0.298 e. The number of aryl methyl sites for hydroxylation is 1. The summed E-state index contributed by atoms with van der Waals surface area (Å²) in [4.78, 5) is 8.69. The number of rotatable bonds is 5. The summed E-state index contributed by atoms with van der Waals surface area (Å²) in [6.07, 6.45) is 8.56. The van der Waals surface area contributed by atoms with Gasteiger partial charge in [0.25, 0.3) is 10.0 Å². The number of aromatic nitrogens is 3. The molecule has 0 spiro atoms. The maximum absolute atomic E-state index is 12.8. The lowest BCUT2D eigenvalue weighted by Gasteiger charge is -2.14. The fraction of sp³-hybridized carbons (Fsp3) is 0.0952. The van der Waals surface area contributed by atoms with Crippen molar-refractivity contribution in [1.29, 1.82) is 0 Å². The van der Waals surface area contributed by atoms with Crippen molar-refractivity contribution in [2.75, 3.05) is 7.05 Å². The molecule has 0 aliphatic carbocycles. The summed E-state index contributed by atoms with van der Waals surface area (Å²) in [6.45, 7) is 1.84. The van der Waals surface area contributed by atoms with Gasteiger partial charge in [0, 0.05) is 41.2 Å². The Bertz CT molecular complexity index is 1350. The van der Waals surface area contributed by atoms with Crippen LogP contribution in [-0.2, 0) is 10.0 Å². The zero-order valence-corrected chi connectivity index (χ0v) is 18.7. The van der Waals surface area contributed by atoms with Gasteiger partial charge in [0.05, 0.1) is 23.0 Å². The van der Waals surface area contributed by atoms with Crippen molar-refractivity contribution in [2.45, 2.75) is 11.8 Å². The third-order valence-corrected chi connectivity index (χ3v) is 7.19. The predicted molar refractivity (Wildman–Crippen MR) is 120 cm³/mol. The normalized spacial score (nSPS) is 12.0. The SMILES string of the molecule is Cc1cc(S(=O)(=O)N(C)/N=C/c2cnc3ccc(-c4cccnc4)cn23)ccc1Br. The van der Waals surface area contributed by atoms with Gasteiger partial charge in [-0.15, -0.1) is 0 Å². The molecule has 4 rings (SSSR count). The quantitative estimate of drug-likeness (QED) is 0.315. The van der Waals surface area contributed by atoms with E-state index in [1.165, 1.54) is 13.3 Å². The van der Waals surface area contributed by atoms with Crippen LogP contribution in [0.25, 0.3) is 16.8 Å². The predicted octanol–water partition coefficient (Wildman–Crippen LogP) is 4.12. The third kappa shape index (κ3) is 3.86. The molecule has 0 radical (unpaired) electrons. The number of pyridine rings is 2. The summed E-state index contributed by atoms with van der Waals surface area (Å²) in [5.41, 5.74) is 4.16. The molecule has 0 bridgehead atoms. The Kier molecular flexibility index (Phi) is 5.40. The van der Waals surface area contributed by atoms with E-state index in [9.17, 15) is 8.42 Å². The van der Waals surface area contributed by atoms with Crippen molar-refractivity contribution in [2.24, 2.45) is 5.10 Å². The number of halogens is 1. The number of benzene rings is 1. The van der Waals surface area contributed by atoms with E-state index >= 15 is 0 Å². The Morgan fingerprint density at radius 2 is 1.97 bits per heavy atom. The second-order valence-corrected chi connectivity index (χ2v) is 9.47. The van der Waals surface area contributed by atoms with E-state index in [2.05, 4.69) is 31.0 Å². The Hall–Kier alpha value is -3.04. The second-order valence-electron chi connectivity index (χ2n) is 6.67. The molecule has 4 aromatic rings. The van der Waals surface area contributed by atoms with Gasteiger partial charge >= 0.3 is 0 Å². The van der Waals surface area contributed by atoms with E-state index in [-0.39, 0.29) is 4.90 Å². The van der Waals surface area contributed by atoms with Gasteiger partial charge in [0.1, 0.15) is 5.65 Å². The highest BCUT2D eigenvalue weighted by Gasteiger charge is 2.20. The molecule has 0 saturated carbocycles. The first-order valence-electron chi connectivity index (χ1n) is 9.03. The Morgan fingerprint density at radius 3 is 2.70 bits per heavy atom. The Labute approximate surface area is 182 Å². The number of sulfonamides is 1. The van der Waals surface area contributed by atoms with Crippen molar-refractivity contribution in [1.82, 2.24) is 18.8 Å². The lowest BCUT2D eigenvalue weighted by Crippen LogP contribution is -2.22. The largest absolute Gasteiger partial charge is 0.298 e. The summed E-state index contributed by atoms with van der Waals surface area (Å²) in [7, 11) is -2.35. The summed E-state index contributed by atoms with van der Waals surface area (Å²) in [5, 5.41) is 4.15. The molecule has 0 aliphatic rings. The van der Waals surface area contributed by atoms with E-state index in [0.29, 0.717) is 5.69 Å². The molecule has 30 heavy (non-hydrogen) atoms. The first-order chi connectivity index (χ1) is 14.4. The molecule has 0 unspecified atom stereocenters. The maximum atomic E-state index is 12.8. The molecule has 0 saturated heterocycles. The molecule has 1 aromatic carbocycles. The second kappa shape index (κ2) is 8.00. The molecule has 0 atom stereocenters. The van der Waals surface area contributed by atoms with Crippen LogP contribution in [0.2, 0.25) is 0 Å². The average Bonchev–Trinajstić information content (AvgIpc) is 3.16. The summed E-state index contributed by atoms with van der Waals surface area (Å²) in [6, 6.07) is 12.6. The molecule has 9 heteroatoms. The van der Waals surface area contributed by atoms with E-state index in [1.54, 1.807) is 36.8 Å². The fourth-order valence-electron chi connectivity index (χ4n) is 2.93. The molecule has 152 valence electrons. The van der Waals surface area contributed by atoms with Crippen LogP contribution in [0.15, 0.2) is 81.7 Å². The Balaban J connectivity index is 1.65. The van der Waals surface area contributed by atoms with Crippen LogP contribution in [0, 0.1) is 6.92 Å². The van der Waals surface area contributed by atoms with Crippen LogP contribution < -0.4 is 0 Å². The first-order valence-corrected chi connectivity index (χ1v) is 11.3. The molecule has 0 amide bonds. The molecule has 7 nitrogen and oxygen atoms in total. The number of hydrazone groups is 1. The van der Waals surface area contributed by atoms with E-state index < -0.39 is 10.0 Å². The van der Waals surface area contributed by atoms with Crippen molar-refractivity contribution in [3.8, 4) is 11.1 Å². The van der Waals surface area contributed by atoms with Gasteiger partial charge in [-0.3, -0.25) is 9.38 Å². The van der Waals surface area contributed by atoms with Crippen molar-refractivity contribution < 1.29 is 8.42 Å². The average molecular weight is 484 g/mol. The lowest BCUT2D eigenvalue weighted by molar-refractivity contribution is 0.491. The van der Waals surface area contributed by atoms with Crippen LogP contribution in [0.3, 0.4) is 0 Å². The third-order valence-electron chi connectivity index (χ3n) is 4.66. The highest BCUT2D eigenvalue weighted by Crippen LogP contribution is 2.23. The van der Waals surface area contributed by atoms with E-state index in [4.69, 9.17) is 0 Å². The van der Waals surface area contributed by atoms with Gasteiger partial charge in [-0.05, 0) is 48.9 Å². The van der Waals surface area contributed by atoms with Crippen LogP contribution in [-0.4, -0.2) is 40.5 Å². The van der Waals surface area contributed by atoms with Gasteiger partial charge < -0.3 is 0 Å². The minimum atomic E-state index is -3.76. The highest BCUT2D eigenvalue weighted by atomic mass is 79.9. The van der Waals surface area contributed by atoms with Crippen molar-refractivity contribution >= 4 is 37.8 Å². The van der Waals surface area contributed by atoms with Crippen LogP contribution in [0.1, 0.15) is 11.3 Å². The summed E-state index contributed by atoms with van der Waals surface area (Å²) < 4.78 is 29.3. The summed E-state index contributed by atoms with van der Waals surface area (Å²) >= 11 is 3.38. The molecule has 3 heterocycles. The molecule has 3 aromatic heterocycles. The topological polar surface area (TPSA) is 79.9 Å². The maximum Gasteiger partial charge on any atom is 0.278 e. The van der Waals surface area contributed by atoms with Crippen LogP contribution in [0.5, 0.6) is 0 Å². The number of nitrogens with zero attached hydrogens (tertiary/aromatic N) is 5. The Morgan fingerprint density at radius 1 is 1.13 bits per heavy atom. The molecular weight excluding hydrogens is 466 g/mol. The number of imidazole rings is 1. The zero-order valence-electron chi connectivity index (χ0n) is 16.3. The molecule has 0 N–H and O–H groups in total. The van der Waals surface area contributed by atoms with E-state index in [0.717, 1.165) is 31.2 Å². The van der Waals surface area contributed by atoms with E-state index in [1.807, 2.05) is 41.8 Å². The van der Waals surface area contributed by atoms with Crippen LogP contribution >= 0.6 is 15.9 Å². The van der Waals surface area contributed by atoms with Gasteiger partial charge in [0.2, 0.25) is 0 Å². The smallest absolute Gasteiger partial charge is 0.278 e. The monoisotopic (exact) mass is 483 g/mol.